The highest BCUT2D eigenvalue weighted by Crippen LogP contribution is 2.35. The van der Waals surface area contributed by atoms with Gasteiger partial charge in [-0.05, 0) is 99.9 Å². The van der Waals surface area contributed by atoms with E-state index >= 15 is 0 Å². The molecule has 20 heteroatoms. The molecule has 2 aromatic carbocycles. The fraction of sp³-hybridized carbons (Fsp3) is 0.280. The number of aromatic nitrogens is 8. The number of fused-ring (bicyclic) bond motifs is 2. The monoisotopic (exact) mass is 1000 g/mol. The first-order valence-corrected chi connectivity index (χ1v) is 23.4. The number of nitrogens with two attached hydrogens (primary N) is 3. The van der Waals surface area contributed by atoms with Gasteiger partial charge in [0, 0.05) is 83.6 Å². The van der Waals surface area contributed by atoms with E-state index in [4.69, 9.17) is 55.5 Å². The molecule has 0 unspecified atom stereocenters. The lowest BCUT2D eigenvalue weighted by Crippen LogP contribution is -2.42. The zero-order valence-corrected chi connectivity index (χ0v) is 40.9. The predicted molar refractivity (Wildman–Crippen MR) is 280 cm³/mol. The molecule has 1 amide bonds. The Balaban J connectivity index is 0.000000175. The SMILES string of the molecule is Cl.Cn1ccc2c(-c3nc(N[C@@H]4CCC[C@H](N)C4)ncc3Cl)cccc21.Cn1ccc2c(-c3nc(N[C@@H]4CCC[C@H](NC(=O)c5ccc(N)cn5)C4)ncc3Cl)cccc21.Nc1ccc(C(=O)O)nc1. The molecule has 0 saturated heterocycles. The second-order valence-electron chi connectivity index (χ2n) is 17.3. The first-order valence-electron chi connectivity index (χ1n) is 22.7. The molecule has 0 spiro atoms. The van der Waals surface area contributed by atoms with Crippen molar-refractivity contribution in [1.82, 2.24) is 44.4 Å². The quantitative estimate of drug-likeness (QED) is 0.0712. The van der Waals surface area contributed by atoms with Crippen molar-refractivity contribution < 1.29 is 14.7 Å². The Morgan fingerprint density at radius 2 is 1.11 bits per heavy atom. The van der Waals surface area contributed by atoms with Gasteiger partial charge in [-0.1, -0.05) is 47.5 Å². The van der Waals surface area contributed by atoms with Crippen LogP contribution in [0.15, 0.2) is 110 Å². The number of nitrogens with one attached hydrogen (secondary N) is 3. The number of amides is 1. The minimum atomic E-state index is -1.04. The van der Waals surface area contributed by atoms with Crippen LogP contribution in [0.3, 0.4) is 0 Å². The van der Waals surface area contributed by atoms with Crippen molar-refractivity contribution in [3.63, 3.8) is 0 Å². The third-order valence-electron chi connectivity index (χ3n) is 12.3. The zero-order valence-electron chi connectivity index (χ0n) is 38.6. The molecule has 2 aliphatic rings. The van der Waals surface area contributed by atoms with Gasteiger partial charge in [-0.3, -0.25) is 4.79 Å². The lowest BCUT2D eigenvalue weighted by Gasteiger charge is -2.30. The zero-order chi connectivity index (χ0) is 48.6. The number of aryl methyl sites for hydroxylation is 2. The van der Waals surface area contributed by atoms with Crippen molar-refractivity contribution in [3.8, 4) is 22.5 Å². The summed E-state index contributed by atoms with van der Waals surface area (Å²) in [5.41, 5.74) is 24.1. The van der Waals surface area contributed by atoms with E-state index < -0.39 is 5.97 Å². The highest BCUT2D eigenvalue weighted by molar-refractivity contribution is 6.33. The number of hydrogen-bond donors (Lipinski definition) is 7. The molecule has 2 saturated carbocycles. The topological polar surface area (TPSA) is 256 Å². The predicted octanol–water partition coefficient (Wildman–Crippen LogP) is 9.17. The Morgan fingerprint density at radius 3 is 1.60 bits per heavy atom. The van der Waals surface area contributed by atoms with Crippen LogP contribution < -0.4 is 33.2 Å². The second kappa shape index (κ2) is 23.0. The van der Waals surface area contributed by atoms with E-state index in [0.29, 0.717) is 50.7 Å². The van der Waals surface area contributed by atoms with E-state index in [2.05, 4.69) is 75.4 Å². The van der Waals surface area contributed by atoms with Gasteiger partial charge in [0.1, 0.15) is 11.4 Å². The first-order chi connectivity index (χ1) is 33.3. The fourth-order valence-corrected chi connectivity index (χ4v) is 9.16. The van der Waals surface area contributed by atoms with Crippen LogP contribution in [0.1, 0.15) is 72.3 Å². The Hall–Kier alpha value is -7.05. The molecule has 4 atom stereocenters. The number of nitrogen functional groups attached to an aromatic ring is 2. The van der Waals surface area contributed by atoms with Crippen LogP contribution in [0.25, 0.3) is 44.3 Å². The summed E-state index contributed by atoms with van der Waals surface area (Å²) in [6.45, 7) is 0. The number of nitrogens with zero attached hydrogens (tertiary/aromatic N) is 8. The number of benzene rings is 2. The van der Waals surface area contributed by atoms with Crippen LogP contribution in [-0.4, -0.2) is 80.2 Å². The molecule has 2 aliphatic carbocycles. The highest BCUT2D eigenvalue weighted by Gasteiger charge is 2.26. The van der Waals surface area contributed by atoms with E-state index in [1.165, 1.54) is 24.5 Å². The highest BCUT2D eigenvalue weighted by atomic mass is 35.5. The summed E-state index contributed by atoms with van der Waals surface area (Å²) < 4.78 is 4.17. The average Bonchev–Trinajstić information content (AvgIpc) is 3.92. The fourth-order valence-electron chi connectivity index (χ4n) is 8.78. The summed E-state index contributed by atoms with van der Waals surface area (Å²) in [6.07, 6.45) is 18.1. The molecule has 10 N–H and O–H groups in total. The van der Waals surface area contributed by atoms with Crippen LogP contribution in [0.2, 0.25) is 10.0 Å². The minimum Gasteiger partial charge on any atom is -0.477 e. The lowest BCUT2D eigenvalue weighted by atomic mass is 9.91. The molecule has 0 radical (unpaired) electrons. The molecule has 6 heterocycles. The molecule has 17 nitrogen and oxygen atoms in total. The normalized spacial score (nSPS) is 17.5. The van der Waals surface area contributed by atoms with Gasteiger partial charge in [-0.25, -0.2) is 34.7 Å². The number of rotatable bonds is 9. The molecular weight excluding hydrogens is 951 g/mol. The number of aromatic carboxylic acids is 1. The Morgan fingerprint density at radius 1 is 0.629 bits per heavy atom. The number of carbonyl (C=O) groups excluding carboxylic acids is 1. The van der Waals surface area contributed by atoms with E-state index in [1.54, 1.807) is 24.5 Å². The Kier molecular flexibility index (Phi) is 16.7. The third kappa shape index (κ3) is 12.4. The van der Waals surface area contributed by atoms with Gasteiger partial charge in [0.25, 0.3) is 5.91 Å². The van der Waals surface area contributed by atoms with Crippen LogP contribution >= 0.6 is 35.6 Å². The molecule has 8 aromatic rings. The van der Waals surface area contributed by atoms with Crippen molar-refractivity contribution in [2.45, 2.75) is 75.5 Å². The largest absolute Gasteiger partial charge is 0.477 e. The Labute approximate surface area is 421 Å². The molecule has 10 rings (SSSR count). The summed E-state index contributed by atoms with van der Waals surface area (Å²) >= 11 is 12.9. The van der Waals surface area contributed by atoms with Crippen molar-refractivity contribution in [3.05, 3.63) is 131 Å². The minimum absolute atomic E-state index is 0. The van der Waals surface area contributed by atoms with Gasteiger partial charge in [-0.15, -0.1) is 12.4 Å². The molecular formula is C50H55Cl3N14O3. The number of pyridine rings is 2. The van der Waals surface area contributed by atoms with E-state index in [9.17, 15) is 9.59 Å². The Bertz CT molecular complexity index is 3080. The summed E-state index contributed by atoms with van der Waals surface area (Å²) in [4.78, 5) is 48.7. The summed E-state index contributed by atoms with van der Waals surface area (Å²) in [7, 11) is 4.05. The molecule has 364 valence electrons. The molecule has 6 aromatic heterocycles. The number of carboxylic acid groups (broad SMARTS) is 1. The average molecular weight is 1010 g/mol. The van der Waals surface area contributed by atoms with E-state index in [0.717, 1.165) is 90.0 Å². The summed E-state index contributed by atoms with van der Waals surface area (Å²) in [5.74, 6) is -0.0809. The lowest BCUT2D eigenvalue weighted by molar-refractivity contribution is 0.0690. The number of anilines is 4. The van der Waals surface area contributed by atoms with E-state index in [1.807, 2.05) is 44.7 Å². The standard InChI is InChI=1S/C25H26ClN7O.C19H22ClN5.C6H6N2O2.ClH/c1-33-11-10-18-19(6-3-7-22(18)33)23-20(26)14-29-25(32-23)31-17-5-2-4-16(12-17)30-24(34)21-9-8-15(27)13-28-21;1-25-9-8-14-15(6-3-7-17(14)25)18-16(20)11-22-19(24-18)23-13-5-2-4-12(21)10-13;7-4-1-2-5(6(9)10)8-3-4;/h3,6-11,13-14,16-17H,2,4-5,12,27H2,1H3,(H,30,34)(H,29,31,32);3,6-9,11-13H,2,4-5,10,21H2,1H3,(H,22,23,24);1-3H,7H2,(H,9,10);1H/t16-,17+;12-,13+;;/m00../s1. The van der Waals surface area contributed by atoms with E-state index in [-0.39, 0.29) is 42.1 Å². The number of hydrogen-bond acceptors (Lipinski definition) is 13. The van der Waals surface area contributed by atoms with Crippen molar-refractivity contribution in [2.24, 2.45) is 19.8 Å². The van der Waals surface area contributed by atoms with Gasteiger partial charge < -0.3 is 47.4 Å². The maximum Gasteiger partial charge on any atom is 0.354 e. The number of halogens is 3. The van der Waals surface area contributed by atoms with Crippen LogP contribution in [-0.2, 0) is 14.1 Å². The van der Waals surface area contributed by atoms with Crippen molar-refractivity contribution >= 4 is 92.6 Å². The second-order valence-corrected chi connectivity index (χ2v) is 18.1. The first kappa shape index (κ1) is 50.8. The van der Waals surface area contributed by atoms with Crippen molar-refractivity contribution in [1.29, 1.82) is 0 Å². The van der Waals surface area contributed by atoms with Gasteiger partial charge in [0.15, 0.2) is 0 Å². The molecule has 0 aliphatic heterocycles. The van der Waals surface area contributed by atoms with Gasteiger partial charge in [0.05, 0.1) is 57.6 Å². The molecule has 2 fully saturated rings. The summed E-state index contributed by atoms with van der Waals surface area (Å²) in [5, 5.41) is 21.6. The van der Waals surface area contributed by atoms with Gasteiger partial charge >= 0.3 is 5.97 Å². The number of carbonyl (C=O) groups is 2. The smallest absolute Gasteiger partial charge is 0.354 e. The van der Waals surface area contributed by atoms with Crippen LogP contribution in [0, 0.1) is 0 Å². The maximum absolute atomic E-state index is 12.6. The van der Waals surface area contributed by atoms with Gasteiger partial charge in [-0.2, -0.15) is 0 Å². The molecule has 0 bridgehead atoms. The van der Waals surface area contributed by atoms with Crippen molar-refractivity contribution in [2.75, 3.05) is 22.1 Å². The van der Waals surface area contributed by atoms with Crippen LogP contribution in [0.5, 0.6) is 0 Å². The maximum atomic E-state index is 12.6. The van der Waals surface area contributed by atoms with Gasteiger partial charge in [0.2, 0.25) is 11.9 Å². The summed E-state index contributed by atoms with van der Waals surface area (Å²) in [6, 6.07) is 23.4. The molecule has 70 heavy (non-hydrogen) atoms. The number of carboxylic acids is 1. The van der Waals surface area contributed by atoms with Crippen LogP contribution in [0.4, 0.5) is 23.3 Å². The third-order valence-corrected chi connectivity index (χ3v) is 12.8.